The van der Waals surface area contributed by atoms with E-state index in [9.17, 15) is 0 Å². The smallest absolute Gasteiger partial charge is 0.0414 e. The fourth-order valence-corrected chi connectivity index (χ4v) is 0.815. The molecule has 0 aromatic rings. The number of nitrogens with two attached hydrogens (primary N) is 2. The summed E-state index contributed by atoms with van der Waals surface area (Å²) in [6.45, 7) is 2.26. The van der Waals surface area contributed by atoms with E-state index in [4.69, 9.17) is 0 Å². The molecule has 3 nitrogen and oxygen atoms in total. The van der Waals surface area contributed by atoms with Gasteiger partial charge in [0.1, 0.15) is 0 Å². The van der Waals surface area contributed by atoms with Crippen molar-refractivity contribution in [1.82, 2.24) is 5.53 Å². The van der Waals surface area contributed by atoms with Gasteiger partial charge in [-0.3, -0.25) is 11.7 Å². The van der Waals surface area contributed by atoms with Gasteiger partial charge in [-0.05, 0) is 5.92 Å². The van der Waals surface area contributed by atoms with Crippen LogP contribution in [0.15, 0.2) is 0 Å². The van der Waals surface area contributed by atoms with Crippen molar-refractivity contribution in [2.24, 2.45) is 17.6 Å². The lowest BCUT2D eigenvalue weighted by Gasteiger charge is -1.82. The van der Waals surface area contributed by atoms with Crippen molar-refractivity contribution in [3.05, 3.63) is 0 Å². The summed E-state index contributed by atoms with van der Waals surface area (Å²) in [5.74, 6) is 9.90. The van der Waals surface area contributed by atoms with Crippen LogP contribution in [-0.2, 0) is 0 Å². The number of rotatable bonds is 2. The van der Waals surface area contributed by atoms with Crippen LogP contribution in [0.4, 0.5) is 0 Å². The van der Waals surface area contributed by atoms with E-state index >= 15 is 0 Å². The summed E-state index contributed by atoms with van der Waals surface area (Å²) < 4.78 is 0. The monoisotopic (exact) mass is 131 g/mol. The summed E-state index contributed by atoms with van der Waals surface area (Å²) in [5.41, 5.74) is 1.75. The first-order valence-electron chi connectivity index (χ1n) is 3.51. The molecule has 1 saturated carbocycles. The maximum Gasteiger partial charge on any atom is -0.0414 e. The molecule has 5 N–H and O–H groups in total. The Hall–Kier alpha value is -0.120. The second kappa shape index (κ2) is 6.01. The van der Waals surface area contributed by atoms with Gasteiger partial charge in [0.25, 0.3) is 0 Å². The van der Waals surface area contributed by atoms with Crippen LogP contribution >= 0.6 is 0 Å². The highest BCUT2D eigenvalue weighted by Gasteiger charge is 2.18. The molecule has 3 heteroatoms. The molecule has 0 spiro atoms. The van der Waals surface area contributed by atoms with Crippen molar-refractivity contribution in [3.8, 4) is 0 Å². The highest BCUT2D eigenvalue weighted by Crippen LogP contribution is 2.32. The number of nitrogens with one attached hydrogen (secondary N) is 1. The highest BCUT2D eigenvalue weighted by atomic mass is 15.4. The van der Waals surface area contributed by atoms with Crippen LogP contribution < -0.4 is 17.2 Å². The Morgan fingerprint density at radius 3 is 2.00 bits per heavy atom. The van der Waals surface area contributed by atoms with Crippen molar-refractivity contribution < 1.29 is 0 Å². The Kier molecular flexibility index (Phi) is 5.93. The summed E-state index contributed by atoms with van der Waals surface area (Å²) in [5, 5.41) is 0. The lowest BCUT2D eigenvalue weighted by molar-refractivity contribution is 0.708. The van der Waals surface area contributed by atoms with E-state index < -0.39 is 0 Å². The number of hydrogen-bond acceptors (Lipinski definition) is 3. The second-order valence-electron chi connectivity index (χ2n) is 2.40. The number of hydrogen-bond donors (Lipinski definition) is 3. The van der Waals surface area contributed by atoms with Crippen LogP contribution in [0, 0.1) is 5.92 Å². The maximum absolute atomic E-state index is 4.38. The van der Waals surface area contributed by atoms with Crippen LogP contribution in [0.2, 0.25) is 0 Å². The van der Waals surface area contributed by atoms with Crippen LogP contribution in [0.3, 0.4) is 0 Å². The van der Waals surface area contributed by atoms with Gasteiger partial charge in [0.05, 0.1) is 0 Å². The largest absolute Gasteiger partial charge is 0.258 e. The van der Waals surface area contributed by atoms with Gasteiger partial charge in [0.2, 0.25) is 0 Å². The van der Waals surface area contributed by atoms with Gasteiger partial charge in [-0.1, -0.05) is 32.6 Å². The highest BCUT2D eigenvalue weighted by molar-refractivity contribution is 4.71. The molecule has 0 radical (unpaired) electrons. The molecule has 1 aliphatic rings. The fourth-order valence-electron chi connectivity index (χ4n) is 0.815. The van der Waals surface area contributed by atoms with Crippen molar-refractivity contribution in [1.29, 1.82) is 0 Å². The quantitative estimate of drug-likeness (QED) is 0.378. The molecule has 1 rings (SSSR count). The second-order valence-corrected chi connectivity index (χ2v) is 2.40. The Morgan fingerprint density at radius 2 is 1.89 bits per heavy atom. The maximum atomic E-state index is 4.38. The molecule has 1 fully saturated rings. The van der Waals surface area contributed by atoms with E-state index in [0.29, 0.717) is 0 Å². The van der Waals surface area contributed by atoms with Gasteiger partial charge in [0.15, 0.2) is 0 Å². The van der Waals surface area contributed by atoms with Crippen molar-refractivity contribution in [3.63, 3.8) is 0 Å². The van der Waals surface area contributed by atoms with Crippen LogP contribution in [0.1, 0.15) is 32.6 Å². The summed E-state index contributed by atoms with van der Waals surface area (Å²) in [6.07, 6.45) is 5.92. The zero-order valence-electron chi connectivity index (χ0n) is 6.06. The van der Waals surface area contributed by atoms with Gasteiger partial charge in [-0.25, -0.2) is 0 Å². The number of hydrazine groups is 2. The first-order chi connectivity index (χ1) is 4.35. The Bertz CT molecular complexity index is 52.3. The normalized spacial score (nSPS) is 16.3. The summed E-state index contributed by atoms with van der Waals surface area (Å²) in [4.78, 5) is 0. The average Bonchev–Trinajstić information content (AvgIpc) is 2.53. The summed E-state index contributed by atoms with van der Waals surface area (Å²) in [7, 11) is 0. The van der Waals surface area contributed by atoms with Crippen LogP contribution in [-0.4, -0.2) is 0 Å². The minimum atomic E-state index is 1.15. The van der Waals surface area contributed by atoms with E-state index in [1.807, 2.05) is 0 Å². The summed E-state index contributed by atoms with van der Waals surface area (Å²) in [6, 6.07) is 0. The minimum Gasteiger partial charge on any atom is -0.258 e. The average molecular weight is 131 g/mol. The first kappa shape index (κ1) is 8.88. The van der Waals surface area contributed by atoms with Crippen LogP contribution in [0.5, 0.6) is 0 Å². The van der Waals surface area contributed by atoms with Gasteiger partial charge in [-0.15, -0.1) is 0 Å². The van der Waals surface area contributed by atoms with Gasteiger partial charge in [0, 0.05) is 0 Å². The van der Waals surface area contributed by atoms with Gasteiger partial charge >= 0.3 is 0 Å². The predicted octanol–water partition coefficient (Wildman–Crippen LogP) is 0.520. The molecule has 56 valence electrons. The topological polar surface area (TPSA) is 64.1 Å². The van der Waals surface area contributed by atoms with E-state index in [2.05, 4.69) is 18.6 Å². The third-order valence-electron chi connectivity index (χ3n) is 1.39. The summed E-state index contributed by atoms with van der Waals surface area (Å²) >= 11 is 0. The third-order valence-corrected chi connectivity index (χ3v) is 1.39. The fraction of sp³-hybridized carbons (Fsp3) is 1.00. The minimum absolute atomic E-state index is 1.15. The molecule has 0 aromatic heterocycles. The molecular formula is C6H17N3. The lowest BCUT2D eigenvalue weighted by Crippen LogP contribution is -2.29. The predicted molar refractivity (Wildman–Crippen MR) is 39.1 cm³/mol. The molecule has 0 heterocycles. The molecular weight excluding hydrogens is 114 g/mol. The van der Waals surface area contributed by atoms with Crippen molar-refractivity contribution in [2.45, 2.75) is 32.6 Å². The SMILES string of the molecule is CCCC1CC1.NNN. The molecule has 0 amide bonds. The Morgan fingerprint density at radius 1 is 1.44 bits per heavy atom. The Balaban J connectivity index is 0.000000187. The first-order valence-corrected chi connectivity index (χ1v) is 3.51. The van der Waals surface area contributed by atoms with Crippen molar-refractivity contribution in [2.75, 3.05) is 0 Å². The van der Waals surface area contributed by atoms with E-state index in [1.165, 1.54) is 25.7 Å². The molecule has 0 aliphatic heterocycles. The van der Waals surface area contributed by atoms with Crippen LogP contribution in [0.25, 0.3) is 0 Å². The van der Waals surface area contributed by atoms with E-state index in [1.54, 1.807) is 5.53 Å². The zero-order valence-corrected chi connectivity index (χ0v) is 6.06. The molecule has 0 saturated heterocycles. The Labute approximate surface area is 56.7 Å². The molecule has 9 heavy (non-hydrogen) atoms. The standard InChI is InChI=1S/C6H12.H5N3/c1-2-3-6-4-5-6;1-3-2/h6H,2-5H2,1H3;3H,1-2H2. The van der Waals surface area contributed by atoms with E-state index in [0.717, 1.165) is 5.92 Å². The molecule has 1 aliphatic carbocycles. The molecule has 0 unspecified atom stereocenters. The van der Waals surface area contributed by atoms with Gasteiger partial charge < -0.3 is 0 Å². The molecule has 0 aromatic carbocycles. The zero-order chi connectivity index (χ0) is 7.11. The molecule has 0 bridgehead atoms. The third kappa shape index (κ3) is 7.88. The van der Waals surface area contributed by atoms with E-state index in [-0.39, 0.29) is 0 Å². The van der Waals surface area contributed by atoms with Crippen molar-refractivity contribution >= 4 is 0 Å². The van der Waals surface area contributed by atoms with Gasteiger partial charge in [-0.2, -0.15) is 5.53 Å². The lowest BCUT2D eigenvalue weighted by atomic mass is 10.2. The molecule has 0 atom stereocenters.